The Morgan fingerprint density at radius 2 is 1.80 bits per heavy atom. The van der Waals surface area contributed by atoms with Crippen LogP contribution >= 0.6 is 11.8 Å². The van der Waals surface area contributed by atoms with Crippen LogP contribution in [0, 0.1) is 5.92 Å². The summed E-state index contributed by atoms with van der Waals surface area (Å²) in [6.07, 6.45) is 4.61. The summed E-state index contributed by atoms with van der Waals surface area (Å²) in [5.41, 5.74) is 0.690. The summed E-state index contributed by atoms with van der Waals surface area (Å²) < 4.78 is 32.6. The van der Waals surface area contributed by atoms with Gasteiger partial charge in [-0.05, 0) is 67.6 Å². The van der Waals surface area contributed by atoms with Crippen LogP contribution in [0.15, 0.2) is 71.0 Å². The smallest absolute Gasteiger partial charge is 0.243 e. The van der Waals surface area contributed by atoms with Crippen LogP contribution in [0.3, 0.4) is 0 Å². The van der Waals surface area contributed by atoms with E-state index in [1.165, 1.54) is 4.31 Å². The molecule has 1 heterocycles. The highest BCUT2D eigenvalue weighted by Crippen LogP contribution is 2.26. The third-order valence-corrected chi connectivity index (χ3v) is 7.67. The molecule has 3 rings (SSSR count). The quantitative estimate of drug-likeness (QED) is 0.490. The van der Waals surface area contributed by atoms with Crippen LogP contribution in [0.1, 0.15) is 12.8 Å². The molecule has 1 aliphatic rings. The number of hydrogen-bond acceptors (Lipinski definition) is 5. The fraction of sp³-hybridized carbons (Fsp3) is 0.318. The summed E-state index contributed by atoms with van der Waals surface area (Å²) in [6.45, 7) is 4.70. The summed E-state index contributed by atoms with van der Waals surface area (Å²) in [4.78, 5) is 13.9. The van der Waals surface area contributed by atoms with Crippen LogP contribution in [-0.4, -0.2) is 44.6 Å². The van der Waals surface area contributed by atoms with Crippen LogP contribution in [0.25, 0.3) is 0 Å². The minimum absolute atomic E-state index is 0.0869. The van der Waals surface area contributed by atoms with Crippen molar-refractivity contribution in [2.45, 2.75) is 22.6 Å². The minimum Gasteiger partial charge on any atom is -0.490 e. The number of benzene rings is 2. The van der Waals surface area contributed by atoms with Crippen molar-refractivity contribution < 1.29 is 17.9 Å². The molecule has 30 heavy (non-hydrogen) atoms. The average Bonchev–Trinajstić information content (AvgIpc) is 2.78. The zero-order valence-electron chi connectivity index (χ0n) is 16.9. The van der Waals surface area contributed by atoms with Gasteiger partial charge in [-0.25, -0.2) is 8.42 Å². The molecule has 0 radical (unpaired) electrons. The zero-order valence-corrected chi connectivity index (χ0v) is 18.5. The number of sulfonamides is 1. The number of nitrogens with one attached hydrogen (secondary N) is 1. The fourth-order valence-electron chi connectivity index (χ4n) is 3.29. The van der Waals surface area contributed by atoms with Gasteiger partial charge in [0.2, 0.25) is 15.9 Å². The molecule has 0 unspecified atom stereocenters. The van der Waals surface area contributed by atoms with Gasteiger partial charge in [-0.2, -0.15) is 4.31 Å². The summed E-state index contributed by atoms with van der Waals surface area (Å²) in [5, 5.41) is 2.91. The number of amides is 1. The van der Waals surface area contributed by atoms with Crippen molar-refractivity contribution in [2.75, 3.05) is 31.3 Å². The Morgan fingerprint density at radius 3 is 2.37 bits per heavy atom. The second-order valence-corrected chi connectivity index (χ2v) is 9.78. The van der Waals surface area contributed by atoms with Crippen molar-refractivity contribution in [3.63, 3.8) is 0 Å². The van der Waals surface area contributed by atoms with Gasteiger partial charge in [0.25, 0.3) is 0 Å². The van der Waals surface area contributed by atoms with Gasteiger partial charge < -0.3 is 10.1 Å². The highest BCUT2D eigenvalue weighted by molar-refractivity contribution is 7.98. The lowest BCUT2D eigenvalue weighted by Gasteiger charge is -2.30. The van der Waals surface area contributed by atoms with Crippen LogP contribution in [-0.2, 0) is 14.8 Å². The molecule has 0 saturated carbocycles. The van der Waals surface area contributed by atoms with E-state index in [-0.39, 0.29) is 11.8 Å². The maximum atomic E-state index is 12.9. The van der Waals surface area contributed by atoms with Crippen molar-refractivity contribution in [1.82, 2.24) is 4.31 Å². The molecule has 2 aromatic rings. The average molecular weight is 447 g/mol. The first-order valence-corrected chi connectivity index (χ1v) is 12.4. The highest BCUT2D eigenvalue weighted by atomic mass is 32.2. The van der Waals surface area contributed by atoms with Crippen LogP contribution < -0.4 is 10.1 Å². The van der Waals surface area contributed by atoms with E-state index in [4.69, 9.17) is 4.74 Å². The number of piperidine rings is 1. The third kappa shape index (κ3) is 5.44. The lowest BCUT2D eigenvalue weighted by atomic mass is 9.97. The van der Waals surface area contributed by atoms with E-state index in [9.17, 15) is 13.2 Å². The molecular formula is C22H26N2O4S2. The molecule has 6 nitrogen and oxygen atoms in total. The van der Waals surface area contributed by atoms with Gasteiger partial charge in [0.15, 0.2) is 0 Å². The Hall–Kier alpha value is -2.29. The van der Waals surface area contributed by atoms with Crippen molar-refractivity contribution in [3.05, 3.63) is 61.2 Å². The predicted molar refractivity (Wildman–Crippen MR) is 120 cm³/mol. The van der Waals surface area contributed by atoms with Gasteiger partial charge in [-0.1, -0.05) is 12.7 Å². The first-order valence-electron chi connectivity index (χ1n) is 9.73. The third-order valence-electron chi connectivity index (χ3n) is 5.01. The summed E-state index contributed by atoms with van der Waals surface area (Å²) in [5.74, 6) is 0.403. The second kappa shape index (κ2) is 10.1. The van der Waals surface area contributed by atoms with E-state index in [0.717, 1.165) is 4.90 Å². The van der Waals surface area contributed by atoms with E-state index in [2.05, 4.69) is 11.9 Å². The van der Waals surface area contributed by atoms with Gasteiger partial charge in [-0.15, -0.1) is 11.8 Å². The van der Waals surface area contributed by atoms with E-state index in [1.54, 1.807) is 54.2 Å². The largest absolute Gasteiger partial charge is 0.490 e. The number of carbonyl (C=O) groups is 1. The van der Waals surface area contributed by atoms with Gasteiger partial charge in [0.05, 0.1) is 4.90 Å². The summed E-state index contributed by atoms with van der Waals surface area (Å²) in [6, 6.07) is 14.1. The Labute approximate surface area is 182 Å². The van der Waals surface area contributed by atoms with Crippen LogP contribution in [0.2, 0.25) is 0 Å². The molecular weight excluding hydrogens is 420 g/mol. The topological polar surface area (TPSA) is 75.7 Å². The molecule has 8 heteroatoms. The number of ether oxygens (including phenoxy) is 1. The molecule has 0 bridgehead atoms. The van der Waals surface area contributed by atoms with Crippen molar-refractivity contribution in [2.24, 2.45) is 5.92 Å². The van der Waals surface area contributed by atoms with E-state index >= 15 is 0 Å². The molecule has 2 aromatic carbocycles. The lowest BCUT2D eigenvalue weighted by molar-refractivity contribution is -0.120. The highest BCUT2D eigenvalue weighted by Gasteiger charge is 2.32. The predicted octanol–water partition coefficient (Wildman–Crippen LogP) is 4.01. The SMILES string of the molecule is C=CCOc1ccc(NC(=O)C2CCN(S(=O)(=O)c3ccc(SC)cc3)CC2)cc1. The number of nitrogens with zero attached hydrogens (tertiary/aromatic N) is 1. The first kappa shape index (κ1) is 22.4. The standard InChI is InChI=1S/C22H26N2O4S2/c1-3-16-28-19-6-4-18(5-7-19)23-22(25)17-12-14-24(15-13-17)30(26,27)21-10-8-20(29-2)9-11-21/h3-11,17H,1,12-16H2,2H3,(H,23,25). The Morgan fingerprint density at radius 1 is 1.17 bits per heavy atom. The molecule has 0 aromatic heterocycles. The number of anilines is 1. The Balaban J connectivity index is 1.55. The van der Waals surface area contributed by atoms with E-state index in [1.807, 2.05) is 18.4 Å². The second-order valence-electron chi connectivity index (χ2n) is 6.97. The Kier molecular flexibility index (Phi) is 7.58. The maximum Gasteiger partial charge on any atom is 0.243 e. The van der Waals surface area contributed by atoms with Gasteiger partial charge in [0.1, 0.15) is 12.4 Å². The van der Waals surface area contributed by atoms with Crippen molar-refractivity contribution in [1.29, 1.82) is 0 Å². The van der Waals surface area contributed by atoms with Crippen molar-refractivity contribution >= 4 is 33.4 Å². The van der Waals surface area contributed by atoms with Gasteiger partial charge >= 0.3 is 0 Å². The molecule has 0 aliphatic carbocycles. The molecule has 1 N–H and O–H groups in total. The first-order chi connectivity index (χ1) is 14.4. The maximum absolute atomic E-state index is 12.9. The molecule has 1 fully saturated rings. The number of thioether (sulfide) groups is 1. The molecule has 0 atom stereocenters. The fourth-order valence-corrected chi connectivity index (χ4v) is 5.17. The summed E-state index contributed by atoms with van der Waals surface area (Å²) >= 11 is 1.57. The summed E-state index contributed by atoms with van der Waals surface area (Å²) in [7, 11) is -3.54. The minimum atomic E-state index is -3.54. The number of hydrogen-bond donors (Lipinski definition) is 1. The molecule has 0 spiro atoms. The molecule has 1 saturated heterocycles. The molecule has 1 aliphatic heterocycles. The number of rotatable bonds is 8. The molecule has 160 valence electrons. The van der Waals surface area contributed by atoms with E-state index < -0.39 is 10.0 Å². The number of carbonyl (C=O) groups excluding carboxylic acids is 1. The van der Waals surface area contributed by atoms with Gasteiger partial charge in [-0.3, -0.25) is 4.79 Å². The van der Waals surface area contributed by atoms with Crippen molar-refractivity contribution in [3.8, 4) is 5.75 Å². The van der Waals surface area contributed by atoms with Crippen LogP contribution in [0.4, 0.5) is 5.69 Å². The molecule has 1 amide bonds. The normalized spacial score (nSPS) is 15.5. The van der Waals surface area contributed by atoms with Gasteiger partial charge in [0, 0.05) is 29.6 Å². The van der Waals surface area contributed by atoms with E-state index in [0.29, 0.717) is 48.9 Å². The zero-order chi connectivity index (χ0) is 21.6. The lowest BCUT2D eigenvalue weighted by Crippen LogP contribution is -2.41. The van der Waals surface area contributed by atoms with Crippen LogP contribution in [0.5, 0.6) is 5.75 Å². The Bertz CT molecular complexity index is 965. The monoisotopic (exact) mass is 446 g/mol.